The monoisotopic (exact) mass is 370 g/mol. The normalized spacial score (nSPS) is 11.1. The number of H-pyrrole nitrogens is 1. The molecule has 0 radical (unpaired) electrons. The van der Waals surface area contributed by atoms with E-state index >= 15 is 0 Å². The summed E-state index contributed by atoms with van der Waals surface area (Å²) in [5.41, 5.74) is 3.07. The van der Waals surface area contributed by atoms with E-state index in [-0.39, 0.29) is 5.91 Å². The summed E-state index contributed by atoms with van der Waals surface area (Å²) >= 11 is 0. The largest absolute Gasteiger partial charge is 0.322 e. The van der Waals surface area contributed by atoms with Gasteiger partial charge in [0.1, 0.15) is 0 Å². The van der Waals surface area contributed by atoms with Crippen LogP contribution in [0, 0.1) is 0 Å². The third kappa shape index (κ3) is 4.70. The van der Waals surface area contributed by atoms with Gasteiger partial charge in [0.25, 0.3) is 5.91 Å². The molecule has 0 spiro atoms. The highest BCUT2D eigenvalue weighted by molar-refractivity contribution is 7.92. The highest BCUT2D eigenvalue weighted by Crippen LogP contribution is 2.18. The average molecular weight is 370 g/mol. The van der Waals surface area contributed by atoms with E-state index in [9.17, 15) is 13.2 Å². The molecule has 0 atom stereocenters. The van der Waals surface area contributed by atoms with Crippen LogP contribution in [0.4, 0.5) is 11.4 Å². The third-order valence-electron chi connectivity index (χ3n) is 3.61. The lowest BCUT2D eigenvalue weighted by Crippen LogP contribution is -2.14. The van der Waals surface area contributed by atoms with Gasteiger partial charge in [-0.2, -0.15) is 5.10 Å². The van der Waals surface area contributed by atoms with Gasteiger partial charge in [0.05, 0.1) is 29.4 Å². The van der Waals surface area contributed by atoms with Gasteiger partial charge in [-0.3, -0.25) is 14.6 Å². The van der Waals surface area contributed by atoms with Crippen molar-refractivity contribution in [2.45, 2.75) is 6.42 Å². The quantitative estimate of drug-likeness (QED) is 0.620. The van der Waals surface area contributed by atoms with Gasteiger partial charge in [0.15, 0.2) is 0 Å². The number of benzene rings is 2. The third-order valence-corrected chi connectivity index (χ3v) is 4.22. The lowest BCUT2D eigenvalue weighted by atomic mass is 10.1. The molecule has 26 heavy (non-hydrogen) atoms. The minimum absolute atomic E-state index is 0.318. The number of nitrogens with zero attached hydrogens (tertiary/aromatic N) is 1. The van der Waals surface area contributed by atoms with E-state index in [1.54, 1.807) is 24.3 Å². The summed E-state index contributed by atoms with van der Waals surface area (Å²) in [6, 6.07) is 16.3. The molecule has 0 aliphatic carbocycles. The maximum Gasteiger partial charge on any atom is 0.259 e. The summed E-state index contributed by atoms with van der Waals surface area (Å²) in [7, 11) is -3.38. The molecule has 0 fully saturated rings. The van der Waals surface area contributed by atoms with Crippen molar-refractivity contribution < 1.29 is 13.2 Å². The summed E-state index contributed by atoms with van der Waals surface area (Å²) < 4.78 is 25.0. The van der Waals surface area contributed by atoms with Crippen LogP contribution >= 0.6 is 0 Å². The number of hydrogen-bond acceptors (Lipinski definition) is 4. The average Bonchev–Trinajstić information content (AvgIpc) is 3.03. The van der Waals surface area contributed by atoms with Crippen LogP contribution in [0.2, 0.25) is 0 Å². The molecule has 0 unspecified atom stereocenters. The first kappa shape index (κ1) is 17.7. The number of sulfonamides is 1. The Bertz CT molecular complexity index is 1010. The smallest absolute Gasteiger partial charge is 0.259 e. The van der Waals surface area contributed by atoms with Crippen molar-refractivity contribution in [2.75, 3.05) is 16.3 Å². The van der Waals surface area contributed by atoms with E-state index in [1.807, 2.05) is 30.3 Å². The first-order chi connectivity index (χ1) is 12.4. The Morgan fingerprint density at radius 3 is 2.54 bits per heavy atom. The number of amides is 1. The Morgan fingerprint density at radius 1 is 1.08 bits per heavy atom. The van der Waals surface area contributed by atoms with Crippen LogP contribution < -0.4 is 10.0 Å². The number of hydrogen-bond donors (Lipinski definition) is 3. The predicted molar refractivity (Wildman–Crippen MR) is 101 cm³/mol. The Labute approximate surface area is 151 Å². The summed E-state index contributed by atoms with van der Waals surface area (Å²) in [5, 5.41) is 9.59. The highest BCUT2D eigenvalue weighted by Gasteiger charge is 2.14. The van der Waals surface area contributed by atoms with Crippen molar-refractivity contribution in [3.8, 4) is 0 Å². The molecule has 1 amide bonds. The number of carbonyl (C=O) groups excluding carboxylic acids is 1. The van der Waals surface area contributed by atoms with E-state index in [1.165, 1.54) is 6.20 Å². The first-order valence-electron chi connectivity index (χ1n) is 7.86. The molecule has 1 heterocycles. The van der Waals surface area contributed by atoms with E-state index in [0.717, 1.165) is 11.8 Å². The fraction of sp³-hybridized carbons (Fsp3) is 0.111. The van der Waals surface area contributed by atoms with Crippen molar-refractivity contribution in [1.82, 2.24) is 10.2 Å². The Balaban J connectivity index is 1.75. The van der Waals surface area contributed by atoms with Gasteiger partial charge in [-0.25, -0.2) is 8.42 Å². The zero-order chi connectivity index (χ0) is 18.6. The molecule has 2 aromatic carbocycles. The van der Waals surface area contributed by atoms with Crippen LogP contribution in [-0.4, -0.2) is 30.8 Å². The number of carbonyl (C=O) groups is 1. The molecule has 3 rings (SSSR count). The van der Waals surface area contributed by atoms with E-state index in [4.69, 9.17) is 0 Å². The van der Waals surface area contributed by atoms with Crippen molar-refractivity contribution >= 4 is 27.3 Å². The number of nitrogens with one attached hydrogen (secondary N) is 3. The maximum atomic E-state index is 12.6. The zero-order valence-electron chi connectivity index (χ0n) is 14.1. The molecule has 1 aromatic heterocycles. The van der Waals surface area contributed by atoms with Gasteiger partial charge in [-0.05, 0) is 23.8 Å². The molecular formula is C18H18N4O3S. The van der Waals surface area contributed by atoms with Gasteiger partial charge in [0, 0.05) is 12.1 Å². The predicted octanol–water partition coefficient (Wildman–Crippen LogP) is 2.62. The van der Waals surface area contributed by atoms with E-state index < -0.39 is 10.0 Å². The SMILES string of the molecule is CS(=O)(=O)Nc1cccc(NC(=O)c2cn[nH]c2Cc2ccccc2)c1. The van der Waals surface area contributed by atoms with Crippen LogP contribution in [0.5, 0.6) is 0 Å². The molecule has 3 aromatic rings. The molecule has 0 aliphatic rings. The van der Waals surface area contributed by atoms with Crippen molar-refractivity contribution in [3.63, 3.8) is 0 Å². The minimum Gasteiger partial charge on any atom is -0.322 e. The molecule has 0 bridgehead atoms. The second-order valence-electron chi connectivity index (χ2n) is 5.83. The van der Waals surface area contributed by atoms with Gasteiger partial charge in [-0.15, -0.1) is 0 Å². The van der Waals surface area contributed by atoms with E-state index in [0.29, 0.717) is 29.1 Å². The Morgan fingerprint density at radius 2 is 1.81 bits per heavy atom. The van der Waals surface area contributed by atoms with Crippen LogP contribution in [0.3, 0.4) is 0 Å². The Kier molecular flexibility index (Phi) is 5.04. The van der Waals surface area contributed by atoms with Gasteiger partial charge >= 0.3 is 0 Å². The second-order valence-corrected chi connectivity index (χ2v) is 7.58. The van der Waals surface area contributed by atoms with Crippen LogP contribution in [0.1, 0.15) is 21.6 Å². The van der Waals surface area contributed by atoms with Crippen molar-refractivity contribution in [3.05, 3.63) is 77.6 Å². The number of aromatic amines is 1. The van der Waals surface area contributed by atoms with Crippen LogP contribution in [0.15, 0.2) is 60.8 Å². The van der Waals surface area contributed by atoms with Crippen molar-refractivity contribution in [2.24, 2.45) is 0 Å². The lowest BCUT2D eigenvalue weighted by molar-refractivity contribution is 0.102. The van der Waals surface area contributed by atoms with Crippen molar-refractivity contribution in [1.29, 1.82) is 0 Å². The molecular weight excluding hydrogens is 352 g/mol. The lowest BCUT2D eigenvalue weighted by Gasteiger charge is -2.09. The standard InChI is InChI=1S/C18H18N4O3S/c1-26(24,25)22-15-9-5-8-14(11-15)20-18(23)16-12-19-21-17(16)10-13-6-3-2-4-7-13/h2-9,11-12,22H,10H2,1H3,(H,19,21)(H,20,23). The zero-order valence-corrected chi connectivity index (χ0v) is 14.9. The van der Waals surface area contributed by atoms with Gasteiger partial charge < -0.3 is 5.32 Å². The number of anilines is 2. The molecule has 7 nitrogen and oxygen atoms in total. The maximum absolute atomic E-state index is 12.6. The number of rotatable bonds is 6. The molecule has 0 aliphatic heterocycles. The summed E-state index contributed by atoms with van der Waals surface area (Å²) in [5.74, 6) is -0.318. The summed E-state index contributed by atoms with van der Waals surface area (Å²) in [6.45, 7) is 0. The minimum atomic E-state index is -3.38. The molecule has 134 valence electrons. The first-order valence-corrected chi connectivity index (χ1v) is 9.75. The fourth-order valence-electron chi connectivity index (χ4n) is 2.52. The summed E-state index contributed by atoms with van der Waals surface area (Å²) in [6.07, 6.45) is 3.10. The second kappa shape index (κ2) is 7.40. The number of aromatic nitrogens is 2. The Hall–Kier alpha value is -3.13. The van der Waals surface area contributed by atoms with Crippen LogP contribution in [0.25, 0.3) is 0 Å². The molecule has 8 heteroatoms. The summed E-state index contributed by atoms with van der Waals surface area (Å²) in [4.78, 5) is 12.6. The van der Waals surface area contributed by atoms with Gasteiger partial charge in [-0.1, -0.05) is 36.4 Å². The molecule has 0 saturated heterocycles. The molecule has 3 N–H and O–H groups in total. The highest BCUT2D eigenvalue weighted by atomic mass is 32.2. The topological polar surface area (TPSA) is 104 Å². The van der Waals surface area contributed by atoms with Gasteiger partial charge in [0.2, 0.25) is 10.0 Å². The molecule has 0 saturated carbocycles. The fourth-order valence-corrected chi connectivity index (χ4v) is 3.07. The van der Waals surface area contributed by atoms with Crippen LogP contribution in [-0.2, 0) is 16.4 Å². The van der Waals surface area contributed by atoms with E-state index in [2.05, 4.69) is 20.2 Å².